The number of amides is 2. The largest absolute Gasteiger partial charge is 0.482 e. The fraction of sp³-hybridized carbons (Fsp3) is 0.556. The van der Waals surface area contributed by atoms with Crippen LogP contribution in [-0.4, -0.2) is 73.6 Å². The van der Waals surface area contributed by atoms with Crippen LogP contribution in [0.15, 0.2) is 30.3 Å². The van der Waals surface area contributed by atoms with E-state index in [2.05, 4.69) is 36.6 Å². The number of pyridine rings is 2. The first-order chi connectivity index (χ1) is 22.6. The number of carbonyl (C=O) groups is 2. The summed E-state index contributed by atoms with van der Waals surface area (Å²) in [6, 6.07) is 10.7. The quantitative estimate of drug-likeness (QED) is 0.268. The highest BCUT2D eigenvalue weighted by Gasteiger charge is 2.47. The average Bonchev–Trinajstić information content (AvgIpc) is 3.37. The van der Waals surface area contributed by atoms with Crippen LogP contribution < -0.4 is 16.2 Å². The van der Waals surface area contributed by atoms with Crippen molar-refractivity contribution in [1.82, 2.24) is 23.8 Å². The zero-order valence-electron chi connectivity index (χ0n) is 28.0. The molecule has 2 saturated carbocycles. The molecule has 11 heteroatoms. The third-order valence-corrected chi connectivity index (χ3v) is 10.9. The van der Waals surface area contributed by atoms with Crippen molar-refractivity contribution in [2.24, 2.45) is 17.4 Å². The van der Waals surface area contributed by atoms with E-state index in [1.165, 1.54) is 12.8 Å². The molecule has 47 heavy (non-hydrogen) atoms. The first-order valence-electron chi connectivity index (χ1n) is 17.1. The van der Waals surface area contributed by atoms with Crippen molar-refractivity contribution in [2.45, 2.75) is 108 Å². The Morgan fingerprint density at radius 3 is 2.40 bits per heavy atom. The van der Waals surface area contributed by atoms with Gasteiger partial charge >= 0.3 is 0 Å². The first-order valence-corrected chi connectivity index (χ1v) is 17.1. The maximum Gasteiger partial charge on any atom is 0.254 e. The second-order valence-corrected chi connectivity index (χ2v) is 14.0. The minimum absolute atomic E-state index is 0.0302. The molecule has 11 nitrogen and oxygen atoms in total. The molecule has 0 radical (unpaired) electrons. The summed E-state index contributed by atoms with van der Waals surface area (Å²) >= 11 is 0. The van der Waals surface area contributed by atoms with E-state index in [0.717, 1.165) is 90.9 Å². The van der Waals surface area contributed by atoms with Crippen LogP contribution in [-0.2, 0) is 22.5 Å². The number of fused-ring (bicyclic) bond motifs is 4. The van der Waals surface area contributed by atoms with Crippen molar-refractivity contribution in [3.8, 4) is 17.3 Å². The van der Waals surface area contributed by atoms with Gasteiger partial charge in [-0.2, -0.15) is 0 Å². The lowest BCUT2D eigenvalue weighted by atomic mass is 9.77. The monoisotopic (exact) mass is 641 g/mol. The van der Waals surface area contributed by atoms with Crippen LogP contribution in [0.2, 0.25) is 0 Å². The van der Waals surface area contributed by atoms with E-state index in [0.29, 0.717) is 23.8 Å². The lowest BCUT2D eigenvalue weighted by molar-refractivity contribution is -0.131. The molecule has 4 aromatic rings. The van der Waals surface area contributed by atoms with Gasteiger partial charge in [0.1, 0.15) is 17.0 Å². The number of rotatable bonds is 9. The molecule has 4 N–H and O–H groups in total. The maximum atomic E-state index is 13.7. The van der Waals surface area contributed by atoms with Crippen molar-refractivity contribution in [3.63, 3.8) is 0 Å². The summed E-state index contributed by atoms with van der Waals surface area (Å²) < 4.78 is 15.4. The molecule has 2 saturated heterocycles. The Hall–Kier alpha value is -3.96. The van der Waals surface area contributed by atoms with Gasteiger partial charge in [-0.1, -0.05) is 6.92 Å². The molecule has 2 amide bonds. The van der Waals surface area contributed by atoms with E-state index in [1.54, 1.807) is 14.2 Å². The fourth-order valence-corrected chi connectivity index (χ4v) is 7.94. The van der Waals surface area contributed by atoms with Crippen molar-refractivity contribution < 1.29 is 19.1 Å². The van der Waals surface area contributed by atoms with Crippen LogP contribution in [0, 0.1) is 12.8 Å². The molecular formula is C36H47N7O4. The minimum atomic E-state index is -0.262. The molecule has 4 aromatic heterocycles. The molecule has 4 aliphatic rings. The Balaban J connectivity index is 0.000000303. The van der Waals surface area contributed by atoms with E-state index in [4.69, 9.17) is 30.9 Å². The Kier molecular flexibility index (Phi) is 8.24. The van der Waals surface area contributed by atoms with Crippen LogP contribution in [0.3, 0.4) is 0 Å². The predicted octanol–water partition coefficient (Wildman–Crippen LogP) is 4.78. The molecule has 2 bridgehead atoms. The molecule has 3 atom stereocenters. The zero-order chi connectivity index (χ0) is 33.0. The number of carbonyl (C=O) groups excluding carboxylic acids is 2. The maximum absolute atomic E-state index is 13.7. The number of nitrogens with two attached hydrogens (primary N) is 2. The Morgan fingerprint density at radius 1 is 1.06 bits per heavy atom. The Morgan fingerprint density at radius 2 is 1.85 bits per heavy atom. The van der Waals surface area contributed by atoms with Crippen molar-refractivity contribution >= 4 is 28.5 Å². The summed E-state index contributed by atoms with van der Waals surface area (Å²) in [7, 11) is 3.29. The first kappa shape index (κ1) is 31.6. The van der Waals surface area contributed by atoms with Gasteiger partial charge in [0.2, 0.25) is 5.91 Å². The molecule has 4 fully saturated rings. The highest BCUT2D eigenvalue weighted by molar-refractivity contribution is 5.96. The second kappa shape index (κ2) is 12.2. The zero-order valence-corrected chi connectivity index (χ0v) is 28.0. The molecular weight excluding hydrogens is 594 g/mol. The summed E-state index contributed by atoms with van der Waals surface area (Å²) in [5, 5.41) is 1.13. The van der Waals surface area contributed by atoms with Gasteiger partial charge in [-0.3, -0.25) is 14.0 Å². The van der Waals surface area contributed by atoms with Crippen LogP contribution in [0.4, 0.5) is 0 Å². The van der Waals surface area contributed by atoms with Crippen molar-refractivity contribution in [2.75, 3.05) is 14.2 Å². The van der Waals surface area contributed by atoms with Gasteiger partial charge in [0.05, 0.1) is 30.5 Å². The van der Waals surface area contributed by atoms with Crippen LogP contribution in [0.5, 0.6) is 5.88 Å². The SMILES string of the molecule is CCc1ccc2cc(-c3nc4cc(C(=O)N5C6CCC5C(N)C6)cc(OC)n4c3C)n(CC3CC3)c2n1.COC1(CC(N)=O)CCC1. The lowest BCUT2D eigenvalue weighted by Crippen LogP contribution is -2.42. The molecule has 6 heterocycles. The number of imidazole rings is 1. The summed E-state index contributed by atoms with van der Waals surface area (Å²) in [6.45, 7) is 5.16. The predicted molar refractivity (Wildman–Crippen MR) is 180 cm³/mol. The number of nitrogens with zero attached hydrogens (tertiary/aromatic N) is 5. The number of aryl methyl sites for hydroxylation is 2. The second-order valence-electron chi connectivity index (χ2n) is 14.0. The third kappa shape index (κ3) is 5.67. The Labute approximate surface area is 275 Å². The number of methoxy groups -OCH3 is 2. The number of aromatic nitrogens is 4. The van der Waals surface area contributed by atoms with Crippen molar-refractivity contribution in [1.29, 1.82) is 0 Å². The summed E-state index contributed by atoms with van der Waals surface area (Å²) in [5.41, 5.74) is 17.6. The average molecular weight is 642 g/mol. The van der Waals surface area contributed by atoms with Gasteiger partial charge in [0.15, 0.2) is 5.88 Å². The molecule has 0 spiro atoms. The Bertz CT molecular complexity index is 1830. The molecule has 2 aliphatic heterocycles. The van der Waals surface area contributed by atoms with Gasteiger partial charge < -0.3 is 30.4 Å². The summed E-state index contributed by atoms with van der Waals surface area (Å²) in [6.07, 6.45) is 9.84. The fourth-order valence-electron chi connectivity index (χ4n) is 7.94. The molecule has 3 unspecified atom stereocenters. The van der Waals surface area contributed by atoms with E-state index < -0.39 is 0 Å². The molecule has 250 valence electrons. The van der Waals surface area contributed by atoms with E-state index in [-0.39, 0.29) is 35.5 Å². The molecule has 8 rings (SSSR count). The van der Waals surface area contributed by atoms with Gasteiger partial charge in [-0.15, -0.1) is 0 Å². The number of hydrogen-bond acceptors (Lipinski definition) is 7. The highest BCUT2D eigenvalue weighted by atomic mass is 16.5. The van der Waals surface area contributed by atoms with Gasteiger partial charge in [0.25, 0.3) is 5.91 Å². The van der Waals surface area contributed by atoms with E-state index in [1.807, 2.05) is 21.4 Å². The standard InChI is InChI=1S/C29H34N6O2.C7H13NO2/c1-4-20-8-7-18-11-24(33(28(18)31-20)15-17-5-6-17)27-16(2)34-25(32-27)12-19(13-26(34)37-3)29(36)35-21-9-10-23(35)22(30)14-21;1-10-7(3-2-4-7)5-6(8)9/h7-8,11-13,17,21-23H,4-6,9-10,14-15,30H2,1-3H3;2-5H2,1H3,(H2,8,9). The highest BCUT2D eigenvalue weighted by Crippen LogP contribution is 2.40. The van der Waals surface area contributed by atoms with Gasteiger partial charge in [0, 0.05) is 54.5 Å². The number of ether oxygens (including phenoxy) is 2. The molecule has 0 aromatic carbocycles. The lowest BCUT2D eigenvalue weighted by Gasteiger charge is -2.39. The van der Waals surface area contributed by atoms with E-state index >= 15 is 0 Å². The summed E-state index contributed by atoms with van der Waals surface area (Å²) in [5.74, 6) is 1.08. The third-order valence-electron chi connectivity index (χ3n) is 10.9. The smallest absolute Gasteiger partial charge is 0.254 e. The normalized spacial score (nSPS) is 22.7. The number of primary amides is 1. The molecule has 2 aliphatic carbocycles. The minimum Gasteiger partial charge on any atom is -0.482 e. The van der Waals surface area contributed by atoms with Gasteiger partial charge in [-0.05, 0) is 94.9 Å². The number of hydrogen-bond donors (Lipinski definition) is 2. The topological polar surface area (TPSA) is 143 Å². The van der Waals surface area contributed by atoms with Crippen molar-refractivity contribution in [3.05, 3.63) is 47.3 Å². The van der Waals surface area contributed by atoms with Crippen LogP contribution >= 0.6 is 0 Å². The van der Waals surface area contributed by atoms with E-state index in [9.17, 15) is 9.59 Å². The summed E-state index contributed by atoms with van der Waals surface area (Å²) in [4.78, 5) is 36.3. The van der Waals surface area contributed by atoms with Crippen LogP contribution in [0.25, 0.3) is 28.1 Å². The van der Waals surface area contributed by atoms with Gasteiger partial charge in [-0.25, -0.2) is 9.97 Å². The van der Waals surface area contributed by atoms with Crippen LogP contribution in [0.1, 0.15) is 86.5 Å².